The van der Waals surface area contributed by atoms with E-state index in [2.05, 4.69) is 10.3 Å². The molecule has 1 aromatic rings. The normalized spacial score (nSPS) is 12.5. The molecule has 0 aromatic carbocycles. The van der Waals surface area contributed by atoms with E-state index < -0.39 is 12.1 Å². The van der Waals surface area contributed by atoms with E-state index in [0.29, 0.717) is 11.7 Å². The van der Waals surface area contributed by atoms with E-state index in [0.717, 1.165) is 10.6 Å². The van der Waals surface area contributed by atoms with Gasteiger partial charge in [0.2, 0.25) is 0 Å². The second kappa shape index (κ2) is 5.09. The number of rotatable bonds is 5. The summed E-state index contributed by atoms with van der Waals surface area (Å²) in [7, 11) is 0. The number of carboxylic acid groups (broad SMARTS) is 1. The van der Waals surface area contributed by atoms with Crippen LogP contribution in [0, 0.1) is 6.92 Å². The highest BCUT2D eigenvalue weighted by atomic mass is 32.1. The number of aromatic nitrogens is 1. The van der Waals surface area contributed by atoms with Crippen molar-refractivity contribution in [2.45, 2.75) is 26.4 Å². The average molecular weight is 230 g/mol. The Kier molecular flexibility index (Phi) is 4.05. The third kappa shape index (κ3) is 3.85. The van der Waals surface area contributed by atoms with Crippen molar-refractivity contribution in [3.63, 3.8) is 0 Å². The molecule has 1 unspecified atom stereocenters. The van der Waals surface area contributed by atoms with Gasteiger partial charge in [0.1, 0.15) is 0 Å². The predicted molar refractivity (Wildman–Crippen MR) is 58.4 cm³/mol. The highest BCUT2D eigenvalue weighted by molar-refractivity contribution is 7.15. The molecular weight excluding hydrogens is 216 g/mol. The van der Waals surface area contributed by atoms with Crippen LogP contribution in [0.1, 0.15) is 17.5 Å². The zero-order valence-electron chi connectivity index (χ0n) is 8.65. The van der Waals surface area contributed by atoms with Crippen LogP contribution in [0.5, 0.6) is 0 Å². The fourth-order valence-corrected chi connectivity index (χ4v) is 2.00. The molecule has 1 aromatic heterocycles. The van der Waals surface area contributed by atoms with Crippen LogP contribution in [0.2, 0.25) is 0 Å². The van der Waals surface area contributed by atoms with Crippen LogP contribution in [0.15, 0.2) is 0 Å². The molecule has 1 atom stereocenters. The zero-order chi connectivity index (χ0) is 11.4. The fourth-order valence-electron chi connectivity index (χ4n) is 1.04. The number of carboxylic acids is 1. The molecule has 0 bridgehead atoms. The molecule has 5 nitrogen and oxygen atoms in total. The second-order valence-corrected chi connectivity index (χ2v) is 4.41. The standard InChI is InChI=1S/C9H14N2O3S/c1-5(12)4-10-9-11-6(2)7(15-9)3-8(13)14/h5,12H,3-4H2,1-2H3,(H,10,11)(H,13,14). The third-order valence-corrected chi connectivity index (χ3v) is 2.87. The van der Waals surface area contributed by atoms with Crippen molar-refractivity contribution in [2.24, 2.45) is 0 Å². The van der Waals surface area contributed by atoms with Crippen LogP contribution in [0.4, 0.5) is 5.13 Å². The van der Waals surface area contributed by atoms with Gasteiger partial charge in [-0.05, 0) is 13.8 Å². The van der Waals surface area contributed by atoms with Gasteiger partial charge in [-0.15, -0.1) is 11.3 Å². The first-order valence-corrected chi connectivity index (χ1v) is 5.40. The number of hydrogen-bond acceptors (Lipinski definition) is 5. The molecule has 0 aliphatic heterocycles. The van der Waals surface area contributed by atoms with Gasteiger partial charge in [-0.1, -0.05) is 0 Å². The minimum Gasteiger partial charge on any atom is -0.481 e. The SMILES string of the molecule is Cc1nc(NCC(C)O)sc1CC(=O)O. The predicted octanol–water partition coefficient (Wildman–Crippen LogP) is 0.871. The molecule has 15 heavy (non-hydrogen) atoms. The molecule has 1 heterocycles. The third-order valence-electron chi connectivity index (χ3n) is 1.75. The molecule has 84 valence electrons. The van der Waals surface area contributed by atoms with Crippen LogP contribution < -0.4 is 5.32 Å². The summed E-state index contributed by atoms with van der Waals surface area (Å²) in [6.45, 7) is 3.87. The zero-order valence-corrected chi connectivity index (χ0v) is 9.47. The highest BCUT2D eigenvalue weighted by Crippen LogP contribution is 2.22. The lowest BCUT2D eigenvalue weighted by Crippen LogP contribution is -2.14. The van der Waals surface area contributed by atoms with Crippen molar-refractivity contribution in [3.05, 3.63) is 10.6 Å². The number of aliphatic carboxylic acids is 1. The molecule has 6 heteroatoms. The smallest absolute Gasteiger partial charge is 0.308 e. The van der Waals surface area contributed by atoms with Crippen LogP contribution in [0.25, 0.3) is 0 Å². The van der Waals surface area contributed by atoms with Gasteiger partial charge >= 0.3 is 5.97 Å². The first-order valence-electron chi connectivity index (χ1n) is 4.59. The van der Waals surface area contributed by atoms with Crippen LogP contribution in [0.3, 0.4) is 0 Å². The maximum Gasteiger partial charge on any atom is 0.308 e. The fraction of sp³-hybridized carbons (Fsp3) is 0.556. The Bertz CT molecular complexity index is 349. The number of hydrogen-bond donors (Lipinski definition) is 3. The van der Waals surface area contributed by atoms with Gasteiger partial charge in [0.15, 0.2) is 5.13 Å². The summed E-state index contributed by atoms with van der Waals surface area (Å²) in [5.74, 6) is -0.858. The van der Waals surface area contributed by atoms with Gasteiger partial charge in [-0.3, -0.25) is 4.79 Å². The van der Waals surface area contributed by atoms with Crippen LogP contribution in [-0.4, -0.2) is 33.8 Å². The maximum absolute atomic E-state index is 10.5. The molecule has 1 rings (SSSR count). The topological polar surface area (TPSA) is 82.5 Å². The number of carbonyl (C=O) groups is 1. The van der Waals surface area contributed by atoms with Crippen LogP contribution >= 0.6 is 11.3 Å². The Morgan fingerprint density at radius 2 is 2.33 bits per heavy atom. The minimum atomic E-state index is -0.858. The summed E-state index contributed by atoms with van der Waals surface area (Å²) < 4.78 is 0. The first kappa shape index (κ1) is 11.9. The minimum absolute atomic E-state index is 0.000140. The summed E-state index contributed by atoms with van der Waals surface area (Å²) in [5.41, 5.74) is 0.732. The maximum atomic E-state index is 10.5. The number of aliphatic hydroxyl groups excluding tert-OH is 1. The number of thiazole rings is 1. The average Bonchev–Trinajstić information content (AvgIpc) is 2.43. The molecule has 0 aliphatic rings. The van der Waals surface area contributed by atoms with Gasteiger partial charge in [-0.2, -0.15) is 0 Å². The molecule has 0 radical (unpaired) electrons. The van der Waals surface area contributed by atoms with Gasteiger partial charge < -0.3 is 15.5 Å². The lowest BCUT2D eigenvalue weighted by Gasteiger charge is -2.03. The summed E-state index contributed by atoms with van der Waals surface area (Å²) in [5, 5.41) is 21.3. The van der Waals surface area contributed by atoms with E-state index in [-0.39, 0.29) is 6.42 Å². The lowest BCUT2D eigenvalue weighted by molar-refractivity contribution is -0.136. The summed E-state index contributed by atoms with van der Waals surface area (Å²) in [6, 6.07) is 0. The van der Waals surface area contributed by atoms with E-state index in [4.69, 9.17) is 10.2 Å². The van der Waals surface area contributed by atoms with Gasteiger partial charge in [0.25, 0.3) is 0 Å². The number of aliphatic hydroxyl groups is 1. The Labute approximate surface area is 91.8 Å². The van der Waals surface area contributed by atoms with Crippen molar-refractivity contribution < 1.29 is 15.0 Å². The first-order chi connectivity index (χ1) is 6.99. The van der Waals surface area contributed by atoms with Gasteiger partial charge in [0, 0.05) is 11.4 Å². The summed E-state index contributed by atoms with van der Waals surface area (Å²) in [4.78, 5) is 15.4. The summed E-state index contributed by atoms with van der Waals surface area (Å²) >= 11 is 1.32. The molecule has 0 amide bonds. The lowest BCUT2D eigenvalue weighted by atomic mass is 10.3. The van der Waals surface area contributed by atoms with Crippen molar-refractivity contribution in [2.75, 3.05) is 11.9 Å². The Morgan fingerprint density at radius 1 is 1.67 bits per heavy atom. The number of aryl methyl sites for hydroxylation is 1. The molecule has 0 aliphatic carbocycles. The van der Waals surface area contributed by atoms with E-state index in [1.165, 1.54) is 11.3 Å². The number of nitrogens with zero attached hydrogens (tertiary/aromatic N) is 1. The number of anilines is 1. The molecule has 0 fully saturated rings. The van der Waals surface area contributed by atoms with Gasteiger partial charge in [0.05, 0.1) is 18.2 Å². The Hall–Kier alpha value is -1.14. The Balaban J connectivity index is 2.64. The second-order valence-electron chi connectivity index (χ2n) is 3.33. The van der Waals surface area contributed by atoms with Crippen molar-refractivity contribution in [1.82, 2.24) is 4.98 Å². The van der Waals surface area contributed by atoms with Crippen molar-refractivity contribution in [3.8, 4) is 0 Å². The van der Waals surface area contributed by atoms with E-state index >= 15 is 0 Å². The molecular formula is C9H14N2O3S. The van der Waals surface area contributed by atoms with Gasteiger partial charge in [-0.25, -0.2) is 4.98 Å². The van der Waals surface area contributed by atoms with E-state index in [1.54, 1.807) is 13.8 Å². The van der Waals surface area contributed by atoms with Crippen LogP contribution in [-0.2, 0) is 11.2 Å². The quantitative estimate of drug-likeness (QED) is 0.699. The van der Waals surface area contributed by atoms with Crippen molar-refractivity contribution >= 4 is 22.4 Å². The molecule has 3 N–H and O–H groups in total. The van der Waals surface area contributed by atoms with E-state index in [9.17, 15) is 4.79 Å². The van der Waals surface area contributed by atoms with Crippen molar-refractivity contribution in [1.29, 1.82) is 0 Å². The highest BCUT2D eigenvalue weighted by Gasteiger charge is 2.10. The monoisotopic (exact) mass is 230 g/mol. The Morgan fingerprint density at radius 3 is 2.87 bits per heavy atom. The molecule has 0 spiro atoms. The van der Waals surface area contributed by atoms with E-state index in [1.807, 2.05) is 0 Å². The summed E-state index contributed by atoms with van der Waals surface area (Å²) in [6.07, 6.45) is -0.447. The largest absolute Gasteiger partial charge is 0.481 e. The number of nitrogens with one attached hydrogen (secondary N) is 1. The molecule has 0 saturated carbocycles. The molecule has 0 saturated heterocycles.